The first-order chi connectivity index (χ1) is 37.6. The minimum atomic E-state index is -1.80. The molecule has 0 amide bonds. The fourth-order valence-electron chi connectivity index (χ4n) is 8.41. The number of aromatic nitrogens is 6. The largest absolute Gasteiger partial charge is 0.485 e. The summed E-state index contributed by atoms with van der Waals surface area (Å²) in [6.45, 7) is 40.0. The minimum Gasteiger partial charge on any atom is -0.485 e. The lowest BCUT2D eigenvalue weighted by Crippen LogP contribution is -2.58. The number of hydrogen-bond acceptors (Lipinski definition) is 11. The van der Waals surface area contributed by atoms with Gasteiger partial charge in [0.15, 0.2) is 21.5 Å². The number of rotatable bonds is 14. The average molecular weight is 1200 g/mol. The highest BCUT2D eigenvalue weighted by molar-refractivity contribution is 6.95. The van der Waals surface area contributed by atoms with Crippen LogP contribution >= 0.6 is 34.8 Å². The Labute approximate surface area is 502 Å². The number of ether oxygens (including phenoxy) is 4. The Bertz CT molecular complexity index is 3300. The molecule has 0 bridgehead atoms. The van der Waals surface area contributed by atoms with Crippen LogP contribution < -0.4 is 31.3 Å². The zero-order valence-corrected chi connectivity index (χ0v) is 54.0. The lowest BCUT2D eigenvalue weighted by molar-refractivity contribution is 0.0505. The van der Waals surface area contributed by atoms with E-state index in [9.17, 15) is 19.2 Å². The molecule has 3 aromatic carbocycles. The lowest BCUT2D eigenvalue weighted by Gasteiger charge is -2.50. The topological polar surface area (TPSA) is 159 Å². The Kier molecular flexibility index (Phi) is 25.3. The van der Waals surface area contributed by atoms with Crippen molar-refractivity contribution in [2.75, 3.05) is 13.2 Å². The van der Waals surface area contributed by atoms with Gasteiger partial charge in [-0.2, -0.15) is 15.3 Å². The van der Waals surface area contributed by atoms with Crippen LogP contribution in [-0.2, 0) is 45.9 Å². The van der Waals surface area contributed by atoms with Crippen molar-refractivity contribution in [1.82, 2.24) is 29.3 Å². The summed E-state index contributed by atoms with van der Waals surface area (Å²) in [5.41, 5.74) is 2.32. The third-order valence-corrected chi connectivity index (χ3v) is 22.0. The van der Waals surface area contributed by atoms with Crippen LogP contribution in [-0.4, -0.2) is 56.6 Å². The summed E-state index contributed by atoms with van der Waals surface area (Å²) in [7, 11) is -1.80. The highest BCUT2D eigenvalue weighted by Gasteiger charge is 2.50. The number of benzene rings is 3. The van der Waals surface area contributed by atoms with Gasteiger partial charge in [-0.15, -0.1) is 0 Å². The summed E-state index contributed by atoms with van der Waals surface area (Å²) in [5, 5.41) is 14.6. The molecular weight excluding hydrogens is 1120 g/mol. The monoisotopic (exact) mass is 1200 g/mol. The lowest BCUT2D eigenvalue weighted by atomic mass is 10.1. The van der Waals surface area contributed by atoms with Crippen LogP contribution in [0.3, 0.4) is 0 Å². The third kappa shape index (κ3) is 18.7. The normalized spacial score (nSPS) is 11.9. The molecule has 82 heavy (non-hydrogen) atoms. The number of carbonyl (C=O) groups is 1. The van der Waals surface area contributed by atoms with Crippen LogP contribution in [0.4, 0.5) is 0 Å². The van der Waals surface area contributed by atoms with E-state index in [2.05, 4.69) is 106 Å². The van der Waals surface area contributed by atoms with Gasteiger partial charge in [0.2, 0.25) is 0 Å². The van der Waals surface area contributed by atoms with Crippen LogP contribution in [0.2, 0.25) is 31.7 Å². The molecule has 446 valence electrons. The Morgan fingerprint density at radius 2 is 0.902 bits per heavy atom. The summed E-state index contributed by atoms with van der Waals surface area (Å²) in [6, 6.07) is 23.4. The van der Waals surface area contributed by atoms with E-state index in [4.69, 9.17) is 53.8 Å². The Balaban J connectivity index is 0.000000322. The Morgan fingerprint density at radius 3 is 1.30 bits per heavy atom. The first kappa shape index (κ1) is 70.2. The molecule has 0 fully saturated rings. The molecule has 0 radical (unpaired) electrons. The van der Waals surface area contributed by atoms with Crippen LogP contribution in [0.1, 0.15) is 176 Å². The molecule has 0 atom stereocenters. The van der Waals surface area contributed by atoms with E-state index < -0.39 is 30.2 Å². The van der Waals surface area contributed by atoms with Crippen LogP contribution in [0.15, 0.2) is 106 Å². The van der Waals surface area contributed by atoms with E-state index in [1.807, 2.05) is 93.5 Å². The molecule has 0 N–H and O–H groups in total. The predicted octanol–water partition coefficient (Wildman–Crippen LogP) is 14.5. The first-order valence-electron chi connectivity index (χ1n) is 27.2. The molecule has 3 aromatic heterocycles. The zero-order valence-electron chi connectivity index (χ0n) is 50.7. The van der Waals surface area contributed by atoms with Crippen LogP contribution in [0.5, 0.6) is 11.5 Å². The van der Waals surface area contributed by atoms with Gasteiger partial charge in [0.25, 0.3) is 16.7 Å². The number of halogens is 3. The van der Waals surface area contributed by atoms with Gasteiger partial charge in [0.1, 0.15) is 18.2 Å². The molecule has 0 aliphatic heterocycles. The van der Waals surface area contributed by atoms with E-state index in [0.29, 0.717) is 36.7 Å². The van der Waals surface area contributed by atoms with Crippen molar-refractivity contribution >= 4 is 54.0 Å². The van der Waals surface area contributed by atoms with Gasteiger partial charge in [0.05, 0.1) is 67.6 Å². The molecule has 6 aromatic rings. The molecular formula is C64H87Cl3N6O8Si. The van der Waals surface area contributed by atoms with Gasteiger partial charge in [-0.3, -0.25) is 14.4 Å². The second kappa shape index (κ2) is 29.5. The molecule has 0 saturated carbocycles. The van der Waals surface area contributed by atoms with E-state index in [1.165, 1.54) is 37.8 Å². The van der Waals surface area contributed by atoms with Crippen molar-refractivity contribution in [3.8, 4) is 23.3 Å². The fourth-order valence-corrected chi connectivity index (χ4v) is 13.8. The summed E-state index contributed by atoms with van der Waals surface area (Å²) in [6.07, 6.45) is 6.28. The van der Waals surface area contributed by atoms with E-state index in [0.717, 1.165) is 41.7 Å². The first-order valence-corrected chi connectivity index (χ1v) is 30.8. The minimum absolute atomic E-state index is 0. The molecule has 0 saturated heterocycles. The molecule has 14 nitrogen and oxygen atoms in total. The van der Waals surface area contributed by atoms with Crippen molar-refractivity contribution in [3.05, 3.63) is 171 Å². The van der Waals surface area contributed by atoms with Crippen LogP contribution in [0, 0.1) is 11.8 Å². The molecule has 6 rings (SSSR count). The molecule has 0 aliphatic rings. The number of nitrogens with zero attached hydrogens (tertiary/aromatic N) is 6. The van der Waals surface area contributed by atoms with Gasteiger partial charge in [0, 0.05) is 12.2 Å². The number of esters is 1. The Hall–Kier alpha value is -6.02. The summed E-state index contributed by atoms with van der Waals surface area (Å²) >= 11 is 18.6. The quantitative estimate of drug-likeness (QED) is 0.0442. The van der Waals surface area contributed by atoms with Gasteiger partial charge in [-0.05, 0) is 126 Å². The van der Waals surface area contributed by atoms with E-state index >= 15 is 0 Å². The van der Waals surface area contributed by atoms with Crippen LogP contribution in [0.25, 0.3) is 0 Å². The molecule has 3 heterocycles. The molecule has 0 spiro atoms. The maximum absolute atomic E-state index is 12.5. The van der Waals surface area contributed by atoms with E-state index in [-0.39, 0.29) is 62.0 Å². The second-order valence-corrected chi connectivity index (χ2v) is 31.9. The van der Waals surface area contributed by atoms with Gasteiger partial charge < -0.3 is 18.9 Å². The van der Waals surface area contributed by atoms with Crippen molar-refractivity contribution < 1.29 is 23.7 Å². The van der Waals surface area contributed by atoms with Crippen molar-refractivity contribution in [2.45, 2.75) is 191 Å². The van der Waals surface area contributed by atoms with Gasteiger partial charge in [-0.1, -0.05) is 170 Å². The summed E-state index contributed by atoms with van der Waals surface area (Å²) < 4.78 is 26.1. The standard InChI is InChI=1S/C24H37ClN2O2Si.C20H23ClN2O2.C19H23ClN2O4.CH4/c1-22(2,3)27-21(28)20(25)19(15-26-27)29-16-17-11-13-18(14-12-17)30(10,23(4,5)6)24(7,8)9;1-5-12-25-14-16-8-6-15(7-9-16)10-11-17-13-22-23(20(2,3)4)19(24)18(17)21;1-5-10-25-18(24)14-8-6-13(7-9-14)12-26-15-11-21-22(19(2,3)4)17(23)16(15)20;/h11-15H,16H2,1-10H3;6-9,13H,5,12,14H2,1-4H3;6-9,11H,5,10,12H2,1-4H3;1H4. The van der Waals surface area contributed by atoms with E-state index in [1.54, 1.807) is 24.3 Å². The van der Waals surface area contributed by atoms with Gasteiger partial charge >= 0.3 is 5.97 Å². The Morgan fingerprint density at radius 1 is 0.524 bits per heavy atom. The van der Waals surface area contributed by atoms with Crippen molar-refractivity contribution in [2.24, 2.45) is 0 Å². The van der Waals surface area contributed by atoms with Crippen molar-refractivity contribution in [3.63, 3.8) is 0 Å². The maximum atomic E-state index is 12.5. The maximum Gasteiger partial charge on any atom is 0.338 e. The molecule has 0 aliphatic carbocycles. The second-order valence-electron chi connectivity index (χ2n) is 24.9. The van der Waals surface area contributed by atoms with Crippen molar-refractivity contribution in [1.29, 1.82) is 0 Å². The highest BCUT2D eigenvalue weighted by atomic mass is 35.5. The molecule has 18 heteroatoms. The fraction of sp³-hybridized carbons (Fsp3) is 0.484. The smallest absolute Gasteiger partial charge is 0.338 e. The average Bonchev–Trinajstić information content (AvgIpc) is 3.17. The predicted molar refractivity (Wildman–Crippen MR) is 337 cm³/mol. The van der Waals surface area contributed by atoms with Gasteiger partial charge in [-0.25, -0.2) is 18.8 Å². The molecule has 0 unspecified atom stereocenters. The zero-order chi connectivity index (χ0) is 60.9. The third-order valence-electron chi connectivity index (χ3n) is 13.5. The SMILES string of the molecule is C.CC(C)(C)n1ncc(OCc2ccc([Si](C)(C(C)(C)C)C(C)(C)C)cc2)c(Cl)c1=O.CCCOC(=O)c1ccc(COc2cnn(C(C)(C)C)c(=O)c2Cl)cc1.CCCOCc1ccc(C#Cc2cnn(C(C)(C)C)c(=O)c2Cl)cc1. The highest BCUT2D eigenvalue weighted by Crippen LogP contribution is 2.50. The summed E-state index contributed by atoms with van der Waals surface area (Å²) in [5.74, 6) is 6.14. The number of hydrogen-bond donors (Lipinski definition) is 0. The summed E-state index contributed by atoms with van der Waals surface area (Å²) in [4.78, 5) is 48.9. The number of carbonyl (C=O) groups excluding carboxylic acids is 1.